The zero-order chi connectivity index (χ0) is 18.7. The van der Waals surface area contributed by atoms with Gasteiger partial charge < -0.3 is 10.2 Å². The van der Waals surface area contributed by atoms with Gasteiger partial charge in [-0.1, -0.05) is 6.07 Å². The molecule has 0 aliphatic carbocycles. The Bertz CT molecular complexity index is 867. The lowest BCUT2D eigenvalue weighted by atomic mass is 10.1. The highest BCUT2D eigenvalue weighted by molar-refractivity contribution is 7.89. The Labute approximate surface area is 153 Å². The van der Waals surface area contributed by atoms with Crippen LogP contribution in [0.3, 0.4) is 0 Å². The van der Waals surface area contributed by atoms with E-state index >= 15 is 0 Å². The highest BCUT2D eigenvalue weighted by Crippen LogP contribution is 2.28. The second-order valence-electron chi connectivity index (χ2n) is 6.35. The molecule has 3 rings (SSSR count). The first-order chi connectivity index (χ1) is 12.4. The van der Waals surface area contributed by atoms with Crippen LogP contribution in [0.4, 0.5) is 0 Å². The number of hydrogen-bond acceptors (Lipinski definition) is 5. The molecule has 1 amide bonds. The fourth-order valence-corrected chi connectivity index (χ4v) is 4.61. The van der Waals surface area contributed by atoms with Gasteiger partial charge in [0.15, 0.2) is 0 Å². The first kappa shape index (κ1) is 18.5. The molecular formula is C18H22N4O3S. The Balaban J connectivity index is 1.92. The van der Waals surface area contributed by atoms with Gasteiger partial charge in [0.1, 0.15) is 0 Å². The van der Waals surface area contributed by atoms with E-state index in [9.17, 15) is 13.2 Å². The zero-order valence-electron chi connectivity index (χ0n) is 14.8. The summed E-state index contributed by atoms with van der Waals surface area (Å²) in [6, 6.07) is 9.46. The van der Waals surface area contributed by atoms with Crippen LogP contribution in [0.5, 0.6) is 0 Å². The fraction of sp³-hybridized carbons (Fsp3) is 0.333. The second kappa shape index (κ2) is 7.53. The molecule has 1 atom stereocenters. The topological polar surface area (TPSA) is 82.6 Å². The molecule has 1 saturated heterocycles. The van der Waals surface area contributed by atoms with E-state index < -0.39 is 10.0 Å². The Morgan fingerprint density at radius 1 is 1.23 bits per heavy atom. The number of rotatable bonds is 4. The van der Waals surface area contributed by atoms with Crippen molar-refractivity contribution in [2.45, 2.75) is 10.9 Å². The van der Waals surface area contributed by atoms with Crippen LogP contribution < -0.4 is 5.32 Å². The summed E-state index contributed by atoms with van der Waals surface area (Å²) in [6.45, 7) is 1.50. The van der Waals surface area contributed by atoms with Gasteiger partial charge in [0, 0.05) is 51.7 Å². The average molecular weight is 374 g/mol. The maximum absolute atomic E-state index is 13.2. The standard InChI is InChI=1S/C18H22N4O3S/c1-21(2)18(23)14-5-7-16(8-6-14)26(24,25)22-11-10-20-13-17(22)15-4-3-9-19-12-15/h3-9,12,17,20H,10-11,13H2,1-2H3. The van der Waals surface area contributed by atoms with Crippen molar-refractivity contribution in [3.8, 4) is 0 Å². The summed E-state index contributed by atoms with van der Waals surface area (Å²) in [6.07, 6.45) is 3.36. The van der Waals surface area contributed by atoms with Crippen molar-refractivity contribution < 1.29 is 13.2 Å². The number of carbonyl (C=O) groups is 1. The quantitative estimate of drug-likeness (QED) is 0.867. The lowest BCUT2D eigenvalue weighted by molar-refractivity contribution is 0.0827. The summed E-state index contributed by atoms with van der Waals surface area (Å²) in [4.78, 5) is 17.7. The monoisotopic (exact) mass is 374 g/mol. The molecule has 1 fully saturated rings. The van der Waals surface area contributed by atoms with Gasteiger partial charge in [0.25, 0.3) is 5.91 Å². The summed E-state index contributed by atoms with van der Waals surface area (Å²) in [7, 11) is -0.364. The van der Waals surface area contributed by atoms with E-state index in [1.807, 2.05) is 6.07 Å². The molecule has 26 heavy (non-hydrogen) atoms. The first-order valence-electron chi connectivity index (χ1n) is 8.35. The number of benzene rings is 1. The average Bonchev–Trinajstić information content (AvgIpc) is 2.68. The summed E-state index contributed by atoms with van der Waals surface area (Å²) in [5.41, 5.74) is 1.31. The van der Waals surface area contributed by atoms with Gasteiger partial charge in [0.2, 0.25) is 10.0 Å². The SMILES string of the molecule is CN(C)C(=O)c1ccc(S(=O)(=O)N2CCNCC2c2cccnc2)cc1. The molecule has 2 aromatic rings. The molecule has 7 nitrogen and oxygen atoms in total. The third-order valence-corrected chi connectivity index (χ3v) is 6.30. The lowest BCUT2D eigenvalue weighted by Crippen LogP contribution is -2.48. The van der Waals surface area contributed by atoms with Gasteiger partial charge in [-0.05, 0) is 35.9 Å². The molecular weight excluding hydrogens is 352 g/mol. The number of sulfonamides is 1. The molecule has 1 unspecified atom stereocenters. The van der Waals surface area contributed by atoms with E-state index in [2.05, 4.69) is 10.3 Å². The molecule has 138 valence electrons. The Hall–Kier alpha value is -2.29. The molecule has 1 aromatic heterocycles. The molecule has 0 spiro atoms. The van der Waals surface area contributed by atoms with E-state index in [0.717, 1.165) is 5.56 Å². The molecule has 1 aromatic carbocycles. The smallest absolute Gasteiger partial charge is 0.253 e. The van der Waals surface area contributed by atoms with E-state index in [4.69, 9.17) is 0 Å². The van der Waals surface area contributed by atoms with Gasteiger partial charge in [-0.2, -0.15) is 4.31 Å². The number of carbonyl (C=O) groups excluding carboxylic acids is 1. The van der Waals surface area contributed by atoms with Crippen LogP contribution in [0.1, 0.15) is 22.0 Å². The third kappa shape index (κ3) is 3.62. The summed E-state index contributed by atoms with van der Waals surface area (Å²) < 4.78 is 27.8. The molecule has 1 aliphatic heterocycles. The van der Waals surface area contributed by atoms with Crippen LogP contribution >= 0.6 is 0 Å². The molecule has 0 bridgehead atoms. The molecule has 0 saturated carbocycles. The van der Waals surface area contributed by atoms with Crippen molar-refractivity contribution in [1.82, 2.24) is 19.5 Å². The van der Waals surface area contributed by atoms with Crippen molar-refractivity contribution >= 4 is 15.9 Å². The number of pyridine rings is 1. The minimum atomic E-state index is -3.68. The lowest BCUT2D eigenvalue weighted by Gasteiger charge is -2.35. The van der Waals surface area contributed by atoms with E-state index in [1.54, 1.807) is 44.7 Å². The molecule has 1 N–H and O–H groups in total. The summed E-state index contributed by atoms with van der Waals surface area (Å²) >= 11 is 0. The van der Waals surface area contributed by atoms with Gasteiger partial charge in [-0.15, -0.1) is 0 Å². The third-order valence-electron chi connectivity index (χ3n) is 4.38. The van der Waals surface area contributed by atoms with Crippen LogP contribution in [0, 0.1) is 0 Å². The number of nitrogens with zero attached hydrogens (tertiary/aromatic N) is 3. The van der Waals surface area contributed by atoms with E-state index in [1.165, 1.54) is 21.3 Å². The van der Waals surface area contributed by atoms with Crippen molar-refractivity contribution in [3.05, 3.63) is 59.9 Å². The molecule has 1 aliphatic rings. The second-order valence-corrected chi connectivity index (χ2v) is 8.24. The molecule has 2 heterocycles. The van der Waals surface area contributed by atoms with Crippen molar-refractivity contribution in [2.24, 2.45) is 0 Å². The van der Waals surface area contributed by atoms with Gasteiger partial charge in [-0.3, -0.25) is 9.78 Å². The van der Waals surface area contributed by atoms with Crippen LogP contribution in [0.25, 0.3) is 0 Å². The number of nitrogens with one attached hydrogen (secondary N) is 1. The number of amides is 1. The Morgan fingerprint density at radius 3 is 2.58 bits per heavy atom. The first-order valence-corrected chi connectivity index (χ1v) is 9.79. The van der Waals surface area contributed by atoms with Crippen LogP contribution in [0.2, 0.25) is 0 Å². The summed E-state index contributed by atoms with van der Waals surface area (Å²) in [5.74, 6) is -0.163. The fourth-order valence-electron chi connectivity index (χ4n) is 2.99. The van der Waals surface area contributed by atoms with Crippen molar-refractivity contribution in [3.63, 3.8) is 0 Å². The van der Waals surface area contributed by atoms with E-state index in [0.29, 0.717) is 25.2 Å². The predicted molar refractivity (Wildman–Crippen MR) is 98.2 cm³/mol. The number of hydrogen-bond donors (Lipinski definition) is 1. The Morgan fingerprint density at radius 2 is 1.96 bits per heavy atom. The Kier molecular flexibility index (Phi) is 5.36. The maximum atomic E-state index is 13.2. The van der Waals surface area contributed by atoms with Crippen molar-refractivity contribution in [2.75, 3.05) is 33.7 Å². The molecule has 0 radical (unpaired) electrons. The van der Waals surface area contributed by atoms with Crippen molar-refractivity contribution in [1.29, 1.82) is 0 Å². The largest absolute Gasteiger partial charge is 0.345 e. The maximum Gasteiger partial charge on any atom is 0.253 e. The predicted octanol–water partition coefficient (Wildman–Crippen LogP) is 1.12. The number of aromatic nitrogens is 1. The van der Waals surface area contributed by atoms with Crippen LogP contribution in [-0.4, -0.2) is 62.2 Å². The van der Waals surface area contributed by atoms with Gasteiger partial charge in [0.05, 0.1) is 10.9 Å². The minimum Gasteiger partial charge on any atom is -0.345 e. The van der Waals surface area contributed by atoms with Crippen LogP contribution in [0.15, 0.2) is 53.7 Å². The van der Waals surface area contributed by atoms with Crippen LogP contribution in [-0.2, 0) is 10.0 Å². The van der Waals surface area contributed by atoms with Gasteiger partial charge >= 0.3 is 0 Å². The van der Waals surface area contributed by atoms with E-state index in [-0.39, 0.29) is 16.8 Å². The van der Waals surface area contributed by atoms with Gasteiger partial charge in [-0.25, -0.2) is 8.42 Å². The zero-order valence-corrected chi connectivity index (χ0v) is 15.6. The normalized spacial score (nSPS) is 18.5. The number of piperazine rings is 1. The highest BCUT2D eigenvalue weighted by Gasteiger charge is 2.34. The minimum absolute atomic E-state index is 0.163. The molecule has 8 heteroatoms. The highest BCUT2D eigenvalue weighted by atomic mass is 32.2. The summed E-state index contributed by atoms with van der Waals surface area (Å²) in [5, 5.41) is 3.24.